The van der Waals surface area contributed by atoms with E-state index in [0.717, 1.165) is 32.8 Å². The summed E-state index contributed by atoms with van der Waals surface area (Å²) in [4.78, 5) is 39.7. The lowest BCUT2D eigenvalue weighted by Crippen LogP contribution is -2.32. The summed E-state index contributed by atoms with van der Waals surface area (Å²) in [5.74, 6) is -1.44. The number of hydrogen-bond donors (Lipinski definition) is 2. The molecule has 1 aliphatic heterocycles. The molecule has 0 bridgehead atoms. The van der Waals surface area contributed by atoms with Gasteiger partial charge in [0.25, 0.3) is 17.7 Å². The van der Waals surface area contributed by atoms with Crippen molar-refractivity contribution in [3.63, 3.8) is 0 Å². The normalized spacial score (nSPS) is 13.5. The summed E-state index contributed by atoms with van der Waals surface area (Å²) < 4.78 is 0. The summed E-state index contributed by atoms with van der Waals surface area (Å²) in [6.45, 7) is 7.74. The summed E-state index contributed by atoms with van der Waals surface area (Å²) in [7, 11) is 0. The maximum Gasteiger partial charge on any atom is 0.283 e. The molecule has 2 N–H and O–H groups in total. The zero-order valence-electron chi connectivity index (χ0n) is 19.3. The molecule has 0 saturated heterocycles. The lowest BCUT2D eigenvalue weighted by atomic mass is 10.1. The SMILES string of the molecule is Cc1ccc(C)c(NC(=O)c2cccc(NC3=C(Cl)C(=O)N(c4ccc(C)c(C)c4)C3=O)c2)c1. The van der Waals surface area contributed by atoms with Crippen LogP contribution in [-0.4, -0.2) is 17.7 Å². The van der Waals surface area contributed by atoms with Gasteiger partial charge in [0.05, 0.1) is 5.69 Å². The number of aryl methyl sites for hydroxylation is 4. The average Bonchev–Trinajstić information content (AvgIpc) is 3.01. The highest BCUT2D eigenvalue weighted by atomic mass is 35.5. The van der Waals surface area contributed by atoms with Crippen molar-refractivity contribution in [2.45, 2.75) is 27.7 Å². The van der Waals surface area contributed by atoms with Gasteiger partial charge in [0, 0.05) is 16.9 Å². The first-order chi connectivity index (χ1) is 16.2. The molecule has 1 heterocycles. The molecule has 3 amide bonds. The minimum absolute atomic E-state index is 0.0306. The minimum Gasteiger partial charge on any atom is -0.350 e. The number of carbonyl (C=O) groups excluding carboxylic acids is 3. The predicted molar refractivity (Wildman–Crippen MR) is 135 cm³/mol. The van der Waals surface area contributed by atoms with Gasteiger partial charge in [-0.2, -0.15) is 0 Å². The van der Waals surface area contributed by atoms with Crippen LogP contribution in [0.5, 0.6) is 0 Å². The number of nitrogens with zero attached hydrogens (tertiary/aromatic N) is 1. The van der Waals surface area contributed by atoms with Crippen molar-refractivity contribution < 1.29 is 14.4 Å². The van der Waals surface area contributed by atoms with Gasteiger partial charge in [0.1, 0.15) is 10.7 Å². The molecule has 0 radical (unpaired) electrons. The van der Waals surface area contributed by atoms with Gasteiger partial charge in [0.2, 0.25) is 0 Å². The Hall–Kier alpha value is -3.90. The lowest BCUT2D eigenvalue weighted by Gasteiger charge is -2.16. The summed E-state index contributed by atoms with van der Waals surface area (Å²) in [6, 6.07) is 17.8. The fraction of sp³-hybridized carbons (Fsp3) is 0.148. The number of carbonyl (C=O) groups is 3. The molecule has 0 saturated carbocycles. The summed E-state index contributed by atoms with van der Waals surface area (Å²) >= 11 is 6.26. The number of amides is 3. The second-order valence-corrected chi connectivity index (χ2v) is 8.76. The van der Waals surface area contributed by atoms with Gasteiger partial charge in [-0.05, 0) is 86.3 Å². The fourth-order valence-corrected chi connectivity index (χ4v) is 3.87. The molecule has 0 fully saturated rings. The molecular weight excluding hydrogens is 450 g/mol. The average molecular weight is 474 g/mol. The summed E-state index contributed by atoms with van der Waals surface area (Å²) in [5.41, 5.74) is 6.01. The van der Waals surface area contributed by atoms with E-state index in [1.54, 1.807) is 36.4 Å². The predicted octanol–water partition coefficient (Wildman–Crippen LogP) is 5.61. The van der Waals surface area contributed by atoms with Crippen LogP contribution in [0.25, 0.3) is 0 Å². The third-order valence-corrected chi connectivity index (χ3v) is 6.16. The Morgan fingerprint density at radius 2 is 1.56 bits per heavy atom. The second kappa shape index (κ2) is 9.15. The number of rotatable bonds is 5. The smallest absolute Gasteiger partial charge is 0.283 e. The van der Waals surface area contributed by atoms with Crippen molar-refractivity contribution in [1.82, 2.24) is 0 Å². The molecule has 6 nitrogen and oxygen atoms in total. The summed E-state index contributed by atoms with van der Waals surface area (Å²) in [6.07, 6.45) is 0. The lowest BCUT2D eigenvalue weighted by molar-refractivity contribution is -0.120. The van der Waals surface area contributed by atoms with E-state index in [0.29, 0.717) is 16.9 Å². The zero-order chi connectivity index (χ0) is 24.6. The van der Waals surface area contributed by atoms with E-state index in [-0.39, 0.29) is 16.6 Å². The van der Waals surface area contributed by atoms with Crippen molar-refractivity contribution in [2.24, 2.45) is 0 Å². The second-order valence-electron chi connectivity index (χ2n) is 8.38. The van der Waals surface area contributed by atoms with Gasteiger partial charge < -0.3 is 10.6 Å². The van der Waals surface area contributed by atoms with Crippen LogP contribution in [0.15, 0.2) is 71.4 Å². The Morgan fingerprint density at radius 1 is 0.824 bits per heavy atom. The molecule has 0 spiro atoms. The molecule has 3 aromatic carbocycles. The molecular formula is C27H24ClN3O3. The quantitative estimate of drug-likeness (QED) is 0.472. The van der Waals surface area contributed by atoms with E-state index >= 15 is 0 Å². The Labute approximate surface area is 203 Å². The molecule has 0 atom stereocenters. The Balaban J connectivity index is 1.56. The van der Waals surface area contributed by atoms with Crippen molar-refractivity contribution >= 4 is 46.4 Å². The standard InChI is InChI=1S/C27H24ClN3O3/c1-15-8-9-17(3)22(12-15)30-25(32)19-6-5-7-20(14-19)29-24-23(28)26(33)31(27(24)34)21-11-10-16(2)18(4)13-21/h5-14,29H,1-4H3,(H,30,32). The monoisotopic (exact) mass is 473 g/mol. The van der Waals surface area contributed by atoms with Gasteiger partial charge in [-0.1, -0.05) is 35.9 Å². The van der Waals surface area contributed by atoms with Crippen LogP contribution < -0.4 is 15.5 Å². The fourth-order valence-electron chi connectivity index (χ4n) is 3.66. The van der Waals surface area contributed by atoms with E-state index in [1.807, 2.05) is 52.0 Å². The van der Waals surface area contributed by atoms with Crippen molar-refractivity contribution in [3.8, 4) is 0 Å². The first-order valence-electron chi connectivity index (χ1n) is 10.8. The van der Waals surface area contributed by atoms with Crippen LogP contribution in [0, 0.1) is 27.7 Å². The number of halogens is 1. The van der Waals surface area contributed by atoms with E-state index < -0.39 is 11.8 Å². The highest BCUT2D eigenvalue weighted by molar-refractivity contribution is 6.53. The van der Waals surface area contributed by atoms with Crippen molar-refractivity contribution in [1.29, 1.82) is 0 Å². The van der Waals surface area contributed by atoms with Gasteiger partial charge >= 0.3 is 0 Å². The van der Waals surface area contributed by atoms with Crippen LogP contribution in [-0.2, 0) is 9.59 Å². The van der Waals surface area contributed by atoms with Crippen molar-refractivity contribution in [3.05, 3.63) is 99.2 Å². The van der Waals surface area contributed by atoms with Crippen LogP contribution in [0.3, 0.4) is 0 Å². The summed E-state index contributed by atoms with van der Waals surface area (Å²) in [5, 5.41) is 5.65. The molecule has 172 valence electrons. The maximum absolute atomic E-state index is 13.1. The topological polar surface area (TPSA) is 78.5 Å². The Bertz CT molecular complexity index is 1380. The molecule has 0 aliphatic carbocycles. The van der Waals surface area contributed by atoms with Crippen LogP contribution >= 0.6 is 11.6 Å². The Morgan fingerprint density at radius 3 is 2.29 bits per heavy atom. The molecule has 1 aliphatic rings. The third-order valence-electron chi connectivity index (χ3n) is 5.81. The number of benzene rings is 3. The maximum atomic E-state index is 13.1. The molecule has 0 aromatic heterocycles. The highest BCUT2D eigenvalue weighted by Crippen LogP contribution is 2.31. The number of nitrogens with one attached hydrogen (secondary N) is 2. The van der Waals surface area contributed by atoms with Gasteiger partial charge in [-0.25, -0.2) is 4.90 Å². The molecule has 34 heavy (non-hydrogen) atoms. The van der Waals surface area contributed by atoms with Crippen LogP contribution in [0.1, 0.15) is 32.6 Å². The first-order valence-corrected chi connectivity index (χ1v) is 11.1. The molecule has 3 aromatic rings. The first kappa shape index (κ1) is 23.3. The minimum atomic E-state index is -0.596. The Kier molecular flexibility index (Phi) is 6.26. The van der Waals surface area contributed by atoms with Gasteiger partial charge in [-0.3, -0.25) is 14.4 Å². The zero-order valence-corrected chi connectivity index (χ0v) is 20.1. The largest absolute Gasteiger partial charge is 0.350 e. The van der Waals surface area contributed by atoms with E-state index in [9.17, 15) is 14.4 Å². The molecule has 7 heteroatoms. The van der Waals surface area contributed by atoms with E-state index in [4.69, 9.17) is 11.6 Å². The van der Waals surface area contributed by atoms with Gasteiger partial charge in [0.15, 0.2) is 0 Å². The van der Waals surface area contributed by atoms with Crippen molar-refractivity contribution in [2.75, 3.05) is 15.5 Å². The van der Waals surface area contributed by atoms with Crippen LogP contribution in [0.2, 0.25) is 0 Å². The van der Waals surface area contributed by atoms with Crippen LogP contribution in [0.4, 0.5) is 17.1 Å². The number of hydrogen-bond acceptors (Lipinski definition) is 4. The number of imide groups is 1. The van der Waals surface area contributed by atoms with Gasteiger partial charge in [-0.15, -0.1) is 0 Å². The van der Waals surface area contributed by atoms with E-state index in [2.05, 4.69) is 10.6 Å². The van der Waals surface area contributed by atoms with E-state index in [1.165, 1.54) is 0 Å². The molecule has 4 rings (SSSR count). The number of anilines is 3. The highest BCUT2D eigenvalue weighted by Gasteiger charge is 2.39. The molecule has 0 unspecified atom stereocenters. The third kappa shape index (κ3) is 4.45.